The lowest BCUT2D eigenvalue weighted by molar-refractivity contribution is -0.149. The van der Waals surface area contributed by atoms with Crippen molar-refractivity contribution in [3.63, 3.8) is 0 Å². The summed E-state index contributed by atoms with van der Waals surface area (Å²) in [7, 11) is 1.51. The molecule has 5 aromatic rings. The second-order valence-corrected chi connectivity index (χ2v) is 38.0. The van der Waals surface area contributed by atoms with Gasteiger partial charge in [-0.2, -0.15) is 0 Å². The number of carbonyl (C=O) groups is 18. The van der Waals surface area contributed by atoms with Crippen LogP contribution in [0.1, 0.15) is 149 Å². The topological polar surface area (TPSA) is 645 Å². The maximum Gasteiger partial charge on any atom is 0.305 e. The maximum absolute atomic E-state index is 15.7. The normalized spacial score (nSPS) is 25.8. The summed E-state index contributed by atoms with van der Waals surface area (Å²) in [5.74, 6) is -18.7. The molecule has 3 aromatic heterocycles. The van der Waals surface area contributed by atoms with E-state index in [1.54, 1.807) is 102 Å². The van der Waals surface area contributed by atoms with Gasteiger partial charge in [-0.05, 0) is 99.8 Å². The van der Waals surface area contributed by atoms with Gasteiger partial charge in [0.25, 0.3) is 0 Å². The van der Waals surface area contributed by atoms with E-state index in [4.69, 9.17) is 11.2 Å². The molecule has 0 radical (unpaired) electrons. The highest BCUT2D eigenvalue weighted by atomic mass is 33.1. The molecule has 22 N–H and O–H groups in total. The van der Waals surface area contributed by atoms with Gasteiger partial charge in [-0.3, -0.25) is 91.6 Å². The van der Waals surface area contributed by atoms with Crippen molar-refractivity contribution in [3.05, 3.63) is 90.3 Å². The average molecular weight is 1930 g/mol. The monoisotopic (exact) mass is 1930 g/mol. The van der Waals surface area contributed by atoms with E-state index in [9.17, 15) is 58.8 Å². The number of fused-ring (bicyclic) bond motifs is 9. The largest absolute Gasteiger partial charge is 0.481 e. The zero-order valence-corrected chi connectivity index (χ0v) is 78.7. The number of benzene rings is 2. The smallest absolute Gasteiger partial charge is 0.305 e. The number of aliphatic carboxylic acids is 2. The van der Waals surface area contributed by atoms with Gasteiger partial charge in [0.1, 0.15) is 78.7 Å². The van der Waals surface area contributed by atoms with Gasteiger partial charge in [-0.25, -0.2) is 4.98 Å². The molecule has 2 unspecified atom stereocenters. The van der Waals surface area contributed by atoms with Crippen molar-refractivity contribution in [1.82, 2.24) is 109 Å². The third-order valence-electron chi connectivity index (χ3n) is 23.3. The summed E-state index contributed by atoms with van der Waals surface area (Å²) in [6, 6.07) is -10.6. The molecule has 17 atom stereocenters. The highest BCUT2D eigenvalue weighted by Gasteiger charge is 2.49. The van der Waals surface area contributed by atoms with Gasteiger partial charge in [0.05, 0.1) is 50.7 Å². The fourth-order valence-electron chi connectivity index (χ4n) is 16.3. The first-order valence-electron chi connectivity index (χ1n) is 45.4. The van der Waals surface area contributed by atoms with Gasteiger partial charge >= 0.3 is 11.9 Å². The number of terminal acetylenes is 1. The Balaban J connectivity index is 1.13. The molecule has 44 nitrogen and oxygen atoms in total. The molecule has 4 saturated heterocycles. The second kappa shape index (κ2) is 51.8. The first kappa shape index (κ1) is 107. The molecule has 136 heavy (non-hydrogen) atoms. The summed E-state index contributed by atoms with van der Waals surface area (Å²) in [5.41, 5.74) is 2.41. The quantitative estimate of drug-likeness (QED) is 0.0146. The van der Waals surface area contributed by atoms with Gasteiger partial charge in [-0.15, -0.1) is 12.3 Å². The zero-order chi connectivity index (χ0) is 99.1. The van der Waals surface area contributed by atoms with Crippen LogP contribution in [0.3, 0.4) is 0 Å². The van der Waals surface area contributed by atoms with Gasteiger partial charge in [-0.1, -0.05) is 99.5 Å². The van der Waals surface area contributed by atoms with Gasteiger partial charge in [0.2, 0.25) is 94.5 Å². The number of carbonyl (C=O) groups excluding carboxylic acids is 16. The van der Waals surface area contributed by atoms with Crippen LogP contribution >= 0.6 is 21.6 Å². The Hall–Kier alpha value is -12.7. The lowest BCUT2D eigenvalue weighted by Crippen LogP contribution is -2.63. The summed E-state index contributed by atoms with van der Waals surface area (Å²) in [6.45, 7) is 11.0. The molecule has 4 aliphatic heterocycles. The van der Waals surface area contributed by atoms with Crippen molar-refractivity contribution in [2.75, 3.05) is 50.9 Å². The number of amides is 16. The number of nitrogens with one attached hydrogen (secondary N) is 18. The third-order valence-corrected chi connectivity index (χ3v) is 25.8. The summed E-state index contributed by atoms with van der Waals surface area (Å²) in [6.07, 6.45) is 4.52. The molecule has 0 spiro atoms. The Morgan fingerprint density at radius 3 is 1.74 bits per heavy atom. The number of aromatic nitrogens is 4. The number of hydrogen-bond acceptors (Lipinski definition) is 25. The minimum Gasteiger partial charge on any atom is -0.481 e. The fraction of sp³-hybridized carbons (Fsp3) is 0.567. The first-order valence-corrected chi connectivity index (χ1v) is 47.9. The summed E-state index contributed by atoms with van der Waals surface area (Å²) < 4.78 is 5.60. The number of H-pyrrole nitrogens is 3. The van der Waals surface area contributed by atoms with Crippen LogP contribution in [-0.4, -0.2) is 310 Å². The number of aliphatic hydroxyl groups excluding tert-OH is 2. The summed E-state index contributed by atoms with van der Waals surface area (Å²) in [4.78, 5) is 278. The first-order chi connectivity index (χ1) is 64.7. The van der Waals surface area contributed by atoms with Crippen molar-refractivity contribution in [3.8, 4) is 12.3 Å². The number of imidazole rings is 1. The minimum atomic E-state index is -2.10. The van der Waals surface area contributed by atoms with Crippen molar-refractivity contribution >= 4 is 150 Å². The predicted molar refractivity (Wildman–Crippen MR) is 497 cm³/mol. The standard InChI is InChI=1S/C90H125N21O23S2/c1-10-11-12-23-70(113)92-27-30-134-29-26-71(114)98-54-36-69-87(130)104-65(37-74(118)119)83(126)106-66-43-135-136-44-67(86(129)109-76(50(9)112)90(133)110-28-17-22-68(110)89(132)111(69)42-54)107-81(124)63(34-52-39-94-58-21-16-14-19-56(52)58)105-88(131)75(48(6)7)108-84(127)61(32-47(4)5)102-79(122)59(24-25-73(116)117)99-72(115)41-95-78(121)60(31-46(2)3)101-82(125)64(35-53-40-91-45-96-53)103-80(123)62(100-77(120)49(8)97-85(66)128)33-51-38-93-57-20-15-13-18-55(51)57/h1,13-16,18-21,38-40,45-50,54,59-69,75-76,84,93-94,108,112,127H,11-12,17,22-37,41-44H2,2-9H3,(H,91,96)(H,92,113)(H,95,121)(H,97,128)(H,98,114)(H,99,115)(H,100,120)(H,101,125)(H,102,122)(H,103,123)(H,104,130)(H,105,131)(H,106,126)(H,107,124)(H,109,129)(H,116,117)(H,118,119)/t49-,50+,54-,59-,60-,61-,62-,63?,64-,65-,66-,67-,68+,69-,75-,76-,84?/m0/s1. The summed E-state index contributed by atoms with van der Waals surface area (Å²) in [5, 5.41) is 85.2. The van der Waals surface area contributed by atoms with Crippen molar-refractivity contribution < 1.29 is 111 Å². The molecule has 740 valence electrons. The van der Waals surface area contributed by atoms with Crippen LogP contribution < -0.4 is 79.8 Å². The predicted octanol–water partition coefficient (Wildman–Crippen LogP) is -2.57. The number of carboxylic acid groups (broad SMARTS) is 2. The Morgan fingerprint density at radius 2 is 1.15 bits per heavy atom. The molecule has 4 fully saturated rings. The minimum absolute atomic E-state index is 0.0163. The molecule has 4 aliphatic rings. The number of carboxylic acids is 2. The Kier molecular flexibility index (Phi) is 40.8. The van der Waals surface area contributed by atoms with Crippen molar-refractivity contribution in [2.24, 2.45) is 17.8 Å². The number of ether oxygens (including phenoxy) is 1. The fourth-order valence-corrected chi connectivity index (χ4v) is 18.6. The third kappa shape index (κ3) is 31.7. The zero-order valence-electron chi connectivity index (χ0n) is 77.0. The van der Waals surface area contributed by atoms with Crippen molar-refractivity contribution in [1.29, 1.82) is 0 Å². The van der Waals surface area contributed by atoms with E-state index >= 15 is 47.9 Å². The Bertz CT molecular complexity index is 5120. The average Bonchev–Trinajstić information content (AvgIpc) is 1.63. The Morgan fingerprint density at radius 1 is 0.574 bits per heavy atom. The molecule has 0 saturated carbocycles. The Labute approximate surface area is 792 Å². The van der Waals surface area contributed by atoms with E-state index in [2.05, 4.69) is 106 Å². The van der Waals surface area contributed by atoms with Gasteiger partial charge < -0.3 is 124 Å². The molecule has 7 heterocycles. The molecule has 0 aliphatic carbocycles. The number of rotatable bonds is 27. The van der Waals surface area contributed by atoms with Crippen LogP contribution in [0.5, 0.6) is 0 Å². The SMILES string of the molecule is C#CCCCC(=O)NCCOCCC(=O)N[C@H]1C[C@H]2C(=O)N[C@@H](CC(=O)O)C(=O)N[C@H]3CSSC[C@H](NC(=O)C(Cc4c[nH]c5ccccc45)NC(=O)[C@H](C(C)C)NC(O)[C@H](CC(C)C)NC(=O)[C@H](CCC(=O)O)NC(=O)CNC(=O)[C@H](CC(C)C)NC(=O)[C@H](Cc4cnc[nH]4)NC(=O)[C@H](Cc4c[nH]c5ccccc45)NC(=O)[C@H](C)NC3=O)C(=O)N[C@@H]([C@@H](C)O)C(=O)N3CCC[C@@H]3C(=O)N2C1. The number of nitrogens with zero attached hydrogens (tertiary/aromatic N) is 3. The molecule has 16 amide bonds. The molecule has 9 rings (SSSR count). The molecular weight excluding hydrogens is 1810 g/mol. The number of aromatic amines is 3. The van der Waals surface area contributed by atoms with E-state index in [1.807, 2.05) is 0 Å². The van der Waals surface area contributed by atoms with E-state index in [-0.39, 0.29) is 108 Å². The molecular formula is C90H125N21O23S2. The van der Waals surface area contributed by atoms with Gasteiger partial charge in [0, 0.05) is 128 Å². The lowest BCUT2D eigenvalue weighted by atomic mass is 9.98. The van der Waals surface area contributed by atoms with Crippen LogP contribution in [0.2, 0.25) is 0 Å². The van der Waals surface area contributed by atoms with Gasteiger partial charge in [0.15, 0.2) is 0 Å². The maximum atomic E-state index is 15.7. The van der Waals surface area contributed by atoms with Crippen LogP contribution in [0.4, 0.5) is 0 Å². The molecule has 2 bridgehead atoms. The summed E-state index contributed by atoms with van der Waals surface area (Å²) >= 11 is 0. The van der Waals surface area contributed by atoms with Crippen LogP contribution in [-0.2, 0) is 110 Å². The van der Waals surface area contributed by atoms with Crippen molar-refractivity contribution in [2.45, 2.75) is 255 Å². The second-order valence-electron chi connectivity index (χ2n) is 35.4. The van der Waals surface area contributed by atoms with E-state index < -0.39 is 253 Å². The molecule has 46 heteroatoms. The number of hydrogen-bond donors (Lipinski definition) is 22. The van der Waals surface area contributed by atoms with Crippen LogP contribution in [0.25, 0.3) is 21.8 Å². The number of unbranched alkanes of at least 4 members (excludes halogenated alkanes) is 1. The number of para-hydroxylation sites is 2. The van der Waals surface area contributed by atoms with Crippen LogP contribution in [0, 0.1) is 30.1 Å². The lowest BCUT2D eigenvalue weighted by Gasteiger charge is -2.34. The van der Waals surface area contributed by atoms with E-state index in [0.717, 1.165) is 31.4 Å². The molecule has 2 aromatic carbocycles. The number of aliphatic hydroxyl groups is 2. The van der Waals surface area contributed by atoms with E-state index in [1.165, 1.54) is 26.4 Å². The van der Waals surface area contributed by atoms with Crippen LogP contribution in [0.15, 0.2) is 73.4 Å². The highest BCUT2D eigenvalue weighted by Crippen LogP contribution is 2.30. The van der Waals surface area contributed by atoms with E-state index in [0.29, 0.717) is 51.5 Å². The highest BCUT2D eigenvalue weighted by molar-refractivity contribution is 8.76.